The van der Waals surface area contributed by atoms with Crippen LogP contribution in [0.25, 0.3) is 22.1 Å². The van der Waals surface area contributed by atoms with Gasteiger partial charge in [-0.05, 0) is 55.3 Å². The van der Waals surface area contributed by atoms with E-state index in [1.54, 1.807) is 50.4 Å². The van der Waals surface area contributed by atoms with E-state index in [1.807, 2.05) is 6.92 Å². The van der Waals surface area contributed by atoms with E-state index in [4.69, 9.17) is 18.6 Å². The smallest absolute Gasteiger partial charge is 0.346 e. The van der Waals surface area contributed by atoms with Crippen LogP contribution in [0.4, 0.5) is 0 Å². The Balaban J connectivity index is 2.12. The number of benzene rings is 2. The van der Waals surface area contributed by atoms with E-state index >= 15 is 0 Å². The van der Waals surface area contributed by atoms with Crippen LogP contribution >= 0.6 is 0 Å². The third-order valence-corrected chi connectivity index (χ3v) is 4.66. The zero-order chi connectivity index (χ0) is 21.1. The van der Waals surface area contributed by atoms with Gasteiger partial charge >= 0.3 is 11.6 Å². The van der Waals surface area contributed by atoms with Crippen LogP contribution < -0.4 is 19.8 Å². The van der Waals surface area contributed by atoms with Gasteiger partial charge in [-0.2, -0.15) is 0 Å². The summed E-state index contributed by atoms with van der Waals surface area (Å²) in [7, 11) is 4.38. The number of carbonyl (C=O) groups is 1. The van der Waals surface area contributed by atoms with Gasteiger partial charge in [0.1, 0.15) is 11.3 Å². The molecule has 0 bridgehead atoms. The maximum absolute atomic E-state index is 12.7. The topological polar surface area (TPSA) is 84.2 Å². The molecule has 0 aliphatic carbocycles. The van der Waals surface area contributed by atoms with Gasteiger partial charge in [-0.3, -0.25) is 0 Å². The van der Waals surface area contributed by atoms with Crippen molar-refractivity contribution in [2.24, 2.45) is 0 Å². The Morgan fingerprint density at radius 2 is 1.72 bits per heavy atom. The van der Waals surface area contributed by atoms with Gasteiger partial charge in [0.15, 0.2) is 17.6 Å². The average Bonchev–Trinajstić information content (AvgIpc) is 2.73. The molecule has 0 amide bonds. The van der Waals surface area contributed by atoms with Gasteiger partial charge in [-0.1, -0.05) is 6.07 Å². The monoisotopic (exact) mass is 398 g/mol. The van der Waals surface area contributed by atoms with Gasteiger partial charge in [0, 0.05) is 5.39 Å². The van der Waals surface area contributed by atoms with Crippen molar-refractivity contribution >= 4 is 16.9 Å². The van der Waals surface area contributed by atoms with E-state index in [2.05, 4.69) is 4.74 Å². The number of aryl methyl sites for hydroxylation is 1. The van der Waals surface area contributed by atoms with Crippen molar-refractivity contribution in [3.63, 3.8) is 0 Å². The fourth-order valence-electron chi connectivity index (χ4n) is 3.15. The molecule has 7 heteroatoms. The van der Waals surface area contributed by atoms with Crippen LogP contribution in [-0.2, 0) is 9.53 Å². The Labute approximate surface area is 167 Å². The average molecular weight is 398 g/mol. The molecule has 152 valence electrons. The Morgan fingerprint density at radius 3 is 2.38 bits per heavy atom. The summed E-state index contributed by atoms with van der Waals surface area (Å²) in [6.07, 6.45) is -0.765. The molecule has 0 unspecified atom stereocenters. The zero-order valence-electron chi connectivity index (χ0n) is 16.9. The fourth-order valence-corrected chi connectivity index (χ4v) is 3.15. The number of rotatable bonds is 6. The summed E-state index contributed by atoms with van der Waals surface area (Å²) in [5, 5.41) is 0.698. The van der Waals surface area contributed by atoms with E-state index in [0.29, 0.717) is 39.3 Å². The molecule has 29 heavy (non-hydrogen) atoms. The van der Waals surface area contributed by atoms with E-state index in [9.17, 15) is 9.59 Å². The second kappa shape index (κ2) is 8.26. The normalized spacial score (nSPS) is 11.8. The molecule has 0 saturated heterocycles. The largest absolute Gasteiger partial charge is 0.493 e. The highest BCUT2D eigenvalue weighted by Gasteiger charge is 2.18. The molecular formula is C22H22O7. The lowest BCUT2D eigenvalue weighted by molar-refractivity contribution is -0.147. The summed E-state index contributed by atoms with van der Waals surface area (Å²) in [4.78, 5) is 24.3. The number of methoxy groups -OCH3 is 3. The molecule has 0 aliphatic heterocycles. The van der Waals surface area contributed by atoms with Crippen LogP contribution in [0.3, 0.4) is 0 Å². The summed E-state index contributed by atoms with van der Waals surface area (Å²) >= 11 is 0. The molecule has 3 rings (SSSR count). The van der Waals surface area contributed by atoms with Crippen LogP contribution in [0.15, 0.2) is 45.6 Å². The van der Waals surface area contributed by atoms with Crippen molar-refractivity contribution in [3.8, 4) is 28.4 Å². The highest BCUT2D eigenvalue weighted by Crippen LogP contribution is 2.34. The first-order chi connectivity index (χ1) is 13.9. The van der Waals surface area contributed by atoms with Gasteiger partial charge in [-0.15, -0.1) is 0 Å². The van der Waals surface area contributed by atoms with Crippen LogP contribution in [0.1, 0.15) is 12.5 Å². The minimum Gasteiger partial charge on any atom is -0.493 e. The first-order valence-electron chi connectivity index (χ1n) is 8.94. The molecule has 0 spiro atoms. The Morgan fingerprint density at radius 1 is 1.00 bits per heavy atom. The van der Waals surface area contributed by atoms with Gasteiger partial charge in [0.25, 0.3) is 0 Å². The quantitative estimate of drug-likeness (QED) is 0.462. The molecule has 7 nitrogen and oxygen atoms in total. The predicted molar refractivity (Wildman–Crippen MR) is 108 cm³/mol. The lowest BCUT2D eigenvalue weighted by Crippen LogP contribution is -2.24. The lowest BCUT2D eigenvalue weighted by atomic mass is 9.99. The molecular weight excluding hydrogens is 376 g/mol. The summed E-state index contributed by atoms with van der Waals surface area (Å²) in [6.45, 7) is 3.43. The molecule has 3 aromatic rings. The second-order valence-corrected chi connectivity index (χ2v) is 6.40. The van der Waals surface area contributed by atoms with Crippen LogP contribution in [0.2, 0.25) is 0 Å². The first kappa shape index (κ1) is 20.3. The standard InChI is InChI=1S/C22H22O7/c1-12-16-11-15(28-13(2)21(23)27-5)7-9-17(16)29-22(24)20(12)14-6-8-18(25-3)19(10-14)26-4/h6-11,13H,1-5H3/t13-/m0/s1. The molecule has 0 saturated carbocycles. The van der Waals surface area contributed by atoms with Crippen LogP contribution in [0, 0.1) is 6.92 Å². The molecule has 0 N–H and O–H groups in total. The van der Waals surface area contributed by atoms with E-state index in [0.717, 1.165) is 5.56 Å². The minimum absolute atomic E-state index is 0.414. The number of esters is 1. The lowest BCUT2D eigenvalue weighted by Gasteiger charge is -2.14. The second-order valence-electron chi connectivity index (χ2n) is 6.40. The minimum atomic E-state index is -0.765. The SMILES string of the molecule is COC(=O)[C@H](C)Oc1ccc2oc(=O)c(-c3ccc(OC)c(OC)c3)c(C)c2c1. The van der Waals surface area contributed by atoms with Crippen molar-refractivity contribution in [2.45, 2.75) is 20.0 Å². The van der Waals surface area contributed by atoms with Crippen LogP contribution in [-0.4, -0.2) is 33.4 Å². The van der Waals surface area contributed by atoms with Gasteiger partial charge in [0.2, 0.25) is 0 Å². The van der Waals surface area contributed by atoms with Gasteiger partial charge in [-0.25, -0.2) is 9.59 Å². The van der Waals surface area contributed by atoms with E-state index in [1.165, 1.54) is 14.2 Å². The third-order valence-electron chi connectivity index (χ3n) is 4.66. The number of carbonyl (C=O) groups excluding carboxylic acids is 1. The molecule has 1 heterocycles. The maximum Gasteiger partial charge on any atom is 0.346 e. The van der Waals surface area contributed by atoms with Crippen LogP contribution in [0.5, 0.6) is 17.2 Å². The summed E-state index contributed by atoms with van der Waals surface area (Å²) in [5.74, 6) is 1.05. The number of hydrogen-bond acceptors (Lipinski definition) is 7. The predicted octanol–water partition coefficient (Wildman–Crippen LogP) is 3.73. The number of fused-ring (bicyclic) bond motifs is 1. The zero-order valence-corrected chi connectivity index (χ0v) is 16.9. The molecule has 0 aliphatic rings. The highest BCUT2D eigenvalue weighted by molar-refractivity contribution is 5.88. The van der Waals surface area contributed by atoms with Crippen molar-refractivity contribution < 1.29 is 28.2 Å². The van der Waals surface area contributed by atoms with Crippen molar-refractivity contribution in [1.29, 1.82) is 0 Å². The van der Waals surface area contributed by atoms with Gasteiger partial charge < -0.3 is 23.4 Å². The summed E-state index contributed by atoms with van der Waals surface area (Å²) < 4.78 is 26.4. The van der Waals surface area contributed by atoms with E-state index in [-0.39, 0.29) is 0 Å². The third kappa shape index (κ3) is 3.89. The summed E-state index contributed by atoms with van der Waals surface area (Å²) in [6, 6.07) is 10.2. The first-order valence-corrected chi connectivity index (χ1v) is 8.94. The molecule has 1 aromatic heterocycles. The highest BCUT2D eigenvalue weighted by atomic mass is 16.6. The summed E-state index contributed by atoms with van der Waals surface area (Å²) in [5.41, 5.74) is 1.75. The van der Waals surface area contributed by atoms with E-state index < -0.39 is 17.7 Å². The van der Waals surface area contributed by atoms with Crippen molar-refractivity contribution in [2.75, 3.05) is 21.3 Å². The molecule has 0 fully saturated rings. The number of hydrogen-bond donors (Lipinski definition) is 0. The van der Waals surface area contributed by atoms with Crippen molar-refractivity contribution in [3.05, 3.63) is 52.4 Å². The molecule has 1 atom stereocenters. The molecule has 2 aromatic carbocycles. The Bertz CT molecular complexity index is 1110. The Hall–Kier alpha value is -3.48. The molecule has 0 radical (unpaired) electrons. The number of ether oxygens (including phenoxy) is 4. The Kier molecular flexibility index (Phi) is 5.77. The van der Waals surface area contributed by atoms with Crippen molar-refractivity contribution in [1.82, 2.24) is 0 Å². The fraction of sp³-hybridized carbons (Fsp3) is 0.273. The maximum atomic E-state index is 12.7. The van der Waals surface area contributed by atoms with Gasteiger partial charge in [0.05, 0.1) is 26.9 Å².